The molecule has 0 bridgehead atoms. The maximum absolute atomic E-state index is 5.91. The molecule has 1 aromatic carbocycles. The van der Waals surface area contributed by atoms with E-state index in [1.807, 2.05) is 30.6 Å². The Bertz CT molecular complexity index is 592. The molecule has 0 aliphatic rings. The van der Waals surface area contributed by atoms with Gasteiger partial charge in [-0.3, -0.25) is 0 Å². The van der Waals surface area contributed by atoms with Gasteiger partial charge in [-0.15, -0.1) is 24.0 Å². The van der Waals surface area contributed by atoms with E-state index < -0.39 is 0 Å². The predicted molar refractivity (Wildman–Crippen MR) is 106 cm³/mol. The van der Waals surface area contributed by atoms with Crippen LogP contribution in [0.15, 0.2) is 47.7 Å². The molecule has 23 heavy (non-hydrogen) atoms. The number of rotatable bonds is 7. The van der Waals surface area contributed by atoms with Crippen LogP contribution in [-0.2, 0) is 19.5 Å². The van der Waals surface area contributed by atoms with E-state index in [2.05, 4.69) is 45.8 Å². The third-order valence-corrected chi connectivity index (χ3v) is 3.32. The standard InChI is InChI=1S/C17H25N5.HI/c1-14(2)13-22-11-10-19-16(22)12-21-17(18)20-9-8-15-6-4-3-5-7-15;/h3-7,10-11,14H,8-9,12-13H2,1-2H3,(H3,18,20,21);1H. The summed E-state index contributed by atoms with van der Waals surface area (Å²) < 4.78 is 2.13. The average molecular weight is 427 g/mol. The van der Waals surface area contributed by atoms with Gasteiger partial charge in [-0.2, -0.15) is 0 Å². The number of imidazole rings is 1. The molecule has 0 amide bonds. The molecule has 2 aromatic rings. The number of benzene rings is 1. The van der Waals surface area contributed by atoms with Gasteiger partial charge in [0.1, 0.15) is 12.4 Å². The average Bonchev–Trinajstić information content (AvgIpc) is 2.93. The molecule has 0 atom stereocenters. The third-order valence-electron chi connectivity index (χ3n) is 3.32. The number of nitrogens with two attached hydrogens (primary N) is 1. The van der Waals surface area contributed by atoms with Gasteiger partial charge >= 0.3 is 0 Å². The Morgan fingerprint density at radius 3 is 2.74 bits per heavy atom. The Hall–Kier alpha value is -1.57. The fourth-order valence-corrected chi connectivity index (χ4v) is 2.24. The summed E-state index contributed by atoms with van der Waals surface area (Å²) in [6.07, 6.45) is 4.73. The van der Waals surface area contributed by atoms with Crippen LogP contribution >= 0.6 is 24.0 Å². The first-order chi connectivity index (χ1) is 10.6. The molecule has 1 aromatic heterocycles. The van der Waals surface area contributed by atoms with Crippen molar-refractivity contribution in [2.24, 2.45) is 16.6 Å². The Kier molecular flexibility index (Phi) is 8.68. The topological polar surface area (TPSA) is 68.2 Å². The minimum absolute atomic E-state index is 0. The fourth-order valence-electron chi connectivity index (χ4n) is 2.24. The lowest BCUT2D eigenvalue weighted by molar-refractivity contribution is 0.507. The van der Waals surface area contributed by atoms with Crippen molar-refractivity contribution in [1.29, 1.82) is 0 Å². The van der Waals surface area contributed by atoms with Gasteiger partial charge in [0.15, 0.2) is 5.96 Å². The highest BCUT2D eigenvalue weighted by molar-refractivity contribution is 14.0. The SMILES string of the molecule is CC(C)Cn1ccnc1CN=C(N)NCCc1ccccc1.I. The summed E-state index contributed by atoms with van der Waals surface area (Å²) in [5, 5.41) is 3.14. The van der Waals surface area contributed by atoms with Gasteiger partial charge in [0.05, 0.1) is 0 Å². The highest BCUT2D eigenvalue weighted by Gasteiger charge is 2.04. The molecule has 0 unspecified atom stereocenters. The molecular weight excluding hydrogens is 401 g/mol. The lowest BCUT2D eigenvalue weighted by atomic mass is 10.1. The second-order valence-electron chi connectivity index (χ2n) is 5.75. The molecule has 0 spiro atoms. The van der Waals surface area contributed by atoms with Crippen LogP contribution in [-0.4, -0.2) is 22.1 Å². The number of hydrogen-bond acceptors (Lipinski definition) is 2. The van der Waals surface area contributed by atoms with E-state index in [-0.39, 0.29) is 24.0 Å². The van der Waals surface area contributed by atoms with Crippen LogP contribution in [0.3, 0.4) is 0 Å². The van der Waals surface area contributed by atoms with E-state index in [1.54, 1.807) is 0 Å². The lowest BCUT2D eigenvalue weighted by Gasteiger charge is -2.09. The highest BCUT2D eigenvalue weighted by atomic mass is 127. The van der Waals surface area contributed by atoms with Crippen molar-refractivity contribution < 1.29 is 0 Å². The van der Waals surface area contributed by atoms with Crippen LogP contribution < -0.4 is 11.1 Å². The van der Waals surface area contributed by atoms with Gasteiger partial charge in [0.25, 0.3) is 0 Å². The quantitative estimate of drug-likeness (QED) is 0.406. The van der Waals surface area contributed by atoms with Crippen molar-refractivity contribution in [3.63, 3.8) is 0 Å². The minimum atomic E-state index is 0. The Balaban J connectivity index is 0.00000264. The zero-order valence-electron chi connectivity index (χ0n) is 13.8. The monoisotopic (exact) mass is 427 g/mol. The first-order valence-corrected chi connectivity index (χ1v) is 7.73. The maximum atomic E-state index is 5.91. The number of aliphatic imine (C=N–C) groups is 1. The van der Waals surface area contributed by atoms with Gasteiger partial charge in [-0.05, 0) is 17.9 Å². The van der Waals surface area contributed by atoms with Gasteiger partial charge in [-0.25, -0.2) is 9.98 Å². The molecule has 1 heterocycles. The zero-order chi connectivity index (χ0) is 15.8. The summed E-state index contributed by atoms with van der Waals surface area (Å²) in [6, 6.07) is 10.3. The third kappa shape index (κ3) is 7.02. The van der Waals surface area contributed by atoms with Crippen LogP contribution in [0, 0.1) is 5.92 Å². The van der Waals surface area contributed by atoms with Crippen LogP contribution in [0.2, 0.25) is 0 Å². The van der Waals surface area contributed by atoms with Crippen molar-refractivity contribution in [2.75, 3.05) is 6.54 Å². The van der Waals surface area contributed by atoms with Crippen molar-refractivity contribution >= 4 is 29.9 Å². The summed E-state index contributed by atoms with van der Waals surface area (Å²) >= 11 is 0. The van der Waals surface area contributed by atoms with Gasteiger partial charge in [0.2, 0.25) is 0 Å². The van der Waals surface area contributed by atoms with E-state index in [9.17, 15) is 0 Å². The van der Waals surface area contributed by atoms with Gasteiger partial charge < -0.3 is 15.6 Å². The summed E-state index contributed by atoms with van der Waals surface area (Å²) in [5.41, 5.74) is 7.19. The summed E-state index contributed by atoms with van der Waals surface area (Å²) in [7, 11) is 0. The maximum Gasteiger partial charge on any atom is 0.189 e. The van der Waals surface area contributed by atoms with E-state index >= 15 is 0 Å². The fraction of sp³-hybridized carbons (Fsp3) is 0.412. The van der Waals surface area contributed by atoms with Gasteiger partial charge in [0, 0.05) is 25.5 Å². The van der Waals surface area contributed by atoms with Crippen molar-refractivity contribution in [3.05, 3.63) is 54.1 Å². The molecule has 0 radical (unpaired) electrons. The number of aromatic nitrogens is 2. The normalized spacial score (nSPS) is 11.3. The molecule has 6 heteroatoms. The van der Waals surface area contributed by atoms with Crippen LogP contribution in [0.5, 0.6) is 0 Å². The van der Waals surface area contributed by atoms with Crippen molar-refractivity contribution in [1.82, 2.24) is 14.9 Å². The molecule has 126 valence electrons. The first kappa shape index (κ1) is 19.5. The van der Waals surface area contributed by atoms with E-state index in [0.29, 0.717) is 18.4 Å². The van der Waals surface area contributed by atoms with Crippen LogP contribution in [0.25, 0.3) is 0 Å². The molecular formula is C17H26IN5. The molecule has 2 rings (SSSR count). The van der Waals surface area contributed by atoms with E-state index in [0.717, 1.165) is 25.3 Å². The first-order valence-electron chi connectivity index (χ1n) is 7.73. The molecule has 0 saturated carbocycles. The van der Waals surface area contributed by atoms with Crippen molar-refractivity contribution in [3.8, 4) is 0 Å². The second kappa shape index (κ2) is 10.3. The Labute approximate surface area is 155 Å². The Morgan fingerprint density at radius 2 is 2.04 bits per heavy atom. The summed E-state index contributed by atoms with van der Waals surface area (Å²) in [6.45, 7) is 6.61. The van der Waals surface area contributed by atoms with Gasteiger partial charge in [-0.1, -0.05) is 44.2 Å². The lowest BCUT2D eigenvalue weighted by Crippen LogP contribution is -2.33. The van der Waals surface area contributed by atoms with E-state index in [4.69, 9.17) is 5.73 Å². The predicted octanol–water partition coefficient (Wildman–Crippen LogP) is 2.80. The number of nitrogens with one attached hydrogen (secondary N) is 1. The van der Waals surface area contributed by atoms with Crippen LogP contribution in [0.1, 0.15) is 25.2 Å². The minimum Gasteiger partial charge on any atom is -0.370 e. The smallest absolute Gasteiger partial charge is 0.189 e. The molecule has 0 aliphatic heterocycles. The second-order valence-corrected chi connectivity index (χ2v) is 5.75. The highest BCUT2D eigenvalue weighted by Crippen LogP contribution is 2.04. The number of halogens is 1. The molecule has 5 nitrogen and oxygen atoms in total. The largest absolute Gasteiger partial charge is 0.370 e. The molecule has 3 N–H and O–H groups in total. The number of guanidine groups is 1. The summed E-state index contributed by atoms with van der Waals surface area (Å²) in [4.78, 5) is 8.71. The van der Waals surface area contributed by atoms with Crippen molar-refractivity contribution in [2.45, 2.75) is 33.4 Å². The summed E-state index contributed by atoms with van der Waals surface area (Å²) in [5.74, 6) is 2.00. The Morgan fingerprint density at radius 1 is 1.30 bits per heavy atom. The molecule has 0 fully saturated rings. The number of hydrogen-bond donors (Lipinski definition) is 2. The number of nitrogens with zero attached hydrogens (tertiary/aromatic N) is 3. The van der Waals surface area contributed by atoms with E-state index in [1.165, 1.54) is 5.56 Å². The molecule has 0 aliphatic carbocycles. The zero-order valence-corrected chi connectivity index (χ0v) is 16.1. The van der Waals surface area contributed by atoms with Crippen LogP contribution in [0.4, 0.5) is 0 Å². The molecule has 0 saturated heterocycles.